The van der Waals surface area contributed by atoms with E-state index >= 15 is 0 Å². The summed E-state index contributed by atoms with van der Waals surface area (Å²) in [4.78, 5) is 56.1. The van der Waals surface area contributed by atoms with Crippen molar-refractivity contribution in [3.63, 3.8) is 0 Å². The zero-order chi connectivity index (χ0) is 33.9. The third-order valence-electron chi connectivity index (χ3n) is 9.18. The van der Waals surface area contributed by atoms with Gasteiger partial charge in [0.15, 0.2) is 0 Å². The van der Waals surface area contributed by atoms with Crippen molar-refractivity contribution in [2.75, 3.05) is 32.6 Å². The van der Waals surface area contributed by atoms with E-state index in [0.717, 1.165) is 9.87 Å². The number of nitrogens with zero attached hydrogens (tertiary/aromatic N) is 2. The molecule has 0 spiro atoms. The van der Waals surface area contributed by atoms with E-state index < -0.39 is 41.0 Å². The Bertz CT molecular complexity index is 1740. The predicted molar refractivity (Wildman–Crippen MR) is 173 cm³/mol. The zero-order valence-corrected chi connectivity index (χ0v) is 26.9. The lowest BCUT2D eigenvalue weighted by Gasteiger charge is -2.35. The molecule has 2 aliphatic rings. The molecule has 2 fully saturated rings. The van der Waals surface area contributed by atoms with Gasteiger partial charge in [0, 0.05) is 49.1 Å². The molecule has 5 rings (SSSR count). The van der Waals surface area contributed by atoms with Gasteiger partial charge >= 0.3 is 16.3 Å². The molecule has 2 heterocycles. The number of carbonyl (C=O) groups is 4. The Labute approximate surface area is 272 Å². The first-order valence-electron chi connectivity index (χ1n) is 15.5. The molecule has 47 heavy (non-hydrogen) atoms. The second-order valence-electron chi connectivity index (χ2n) is 12.3. The van der Waals surface area contributed by atoms with E-state index in [2.05, 4.69) is 15.6 Å². The summed E-state index contributed by atoms with van der Waals surface area (Å²) in [6.07, 6.45) is 1.24. The van der Waals surface area contributed by atoms with Crippen LogP contribution in [0.3, 0.4) is 0 Å². The minimum Gasteiger partial charge on any atom is -0.465 e. The maximum absolute atomic E-state index is 14.0. The van der Waals surface area contributed by atoms with Crippen LogP contribution < -0.4 is 15.4 Å². The highest BCUT2D eigenvalue weighted by Gasteiger charge is 2.45. The highest BCUT2D eigenvalue weighted by atomic mass is 32.2. The van der Waals surface area contributed by atoms with Crippen LogP contribution in [0.25, 0.3) is 10.9 Å². The van der Waals surface area contributed by atoms with Crippen LogP contribution in [0.5, 0.6) is 0 Å². The van der Waals surface area contributed by atoms with Gasteiger partial charge in [0.2, 0.25) is 11.8 Å². The number of nitrogens with one attached hydrogen (secondary N) is 4. The lowest BCUT2D eigenvalue weighted by molar-refractivity contribution is -0.141. The number of halogens is 1. The SMILES string of the molecule is CN(C)S(=O)(=O)NC(=O)c1cc2cc(NC(=O)[C@@H]3[C@@H](c4ccccc4)CCN3C(=O)C3CCC([C@@H](CF)NC(=O)O)CC3)ccc2[nH]1. The van der Waals surface area contributed by atoms with E-state index in [1.165, 1.54) is 20.2 Å². The van der Waals surface area contributed by atoms with Gasteiger partial charge in [-0.05, 0) is 67.9 Å². The van der Waals surface area contributed by atoms with Crippen LogP contribution in [-0.2, 0) is 19.8 Å². The van der Waals surface area contributed by atoms with Crippen LogP contribution in [0.1, 0.15) is 54.1 Å². The summed E-state index contributed by atoms with van der Waals surface area (Å²) in [5, 5.41) is 14.8. The smallest absolute Gasteiger partial charge is 0.404 e. The average molecular weight is 671 g/mol. The summed E-state index contributed by atoms with van der Waals surface area (Å²) in [6, 6.07) is 14.4. The van der Waals surface area contributed by atoms with Crippen molar-refractivity contribution < 1.29 is 37.1 Å². The third kappa shape index (κ3) is 7.57. The third-order valence-corrected chi connectivity index (χ3v) is 10.6. The van der Waals surface area contributed by atoms with Crippen molar-refractivity contribution in [2.24, 2.45) is 11.8 Å². The molecular weight excluding hydrogens is 631 g/mol. The van der Waals surface area contributed by atoms with E-state index in [-0.39, 0.29) is 35.3 Å². The molecule has 4 amide bonds. The maximum atomic E-state index is 14.0. The second-order valence-corrected chi connectivity index (χ2v) is 14.2. The Kier molecular flexibility index (Phi) is 10.2. The Morgan fingerprint density at radius 3 is 2.36 bits per heavy atom. The molecule has 1 aliphatic carbocycles. The summed E-state index contributed by atoms with van der Waals surface area (Å²) < 4.78 is 40.6. The van der Waals surface area contributed by atoms with Crippen molar-refractivity contribution >= 4 is 50.6 Å². The van der Waals surface area contributed by atoms with Gasteiger partial charge in [-0.2, -0.15) is 12.7 Å². The number of rotatable bonds is 10. The number of alkyl halides is 1. The van der Waals surface area contributed by atoms with Crippen molar-refractivity contribution in [2.45, 2.75) is 50.1 Å². The van der Waals surface area contributed by atoms with E-state index in [1.807, 2.05) is 35.1 Å². The summed E-state index contributed by atoms with van der Waals surface area (Å²) in [5.41, 5.74) is 1.95. The number of carboxylic acid groups (broad SMARTS) is 1. The first-order valence-corrected chi connectivity index (χ1v) is 16.9. The first-order chi connectivity index (χ1) is 22.4. The van der Waals surface area contributed by atoms with Crippen LogP contribution in [0.15, 0.2) is 54.6 Å². The highest BCUT2D eigenvalue weighted by Crippen LogP contribution is 2.38. The van der Waals surface area contributed by atoms with E-state index in [9.17, 15) is 32.0 Å². The van der Waals surface area contributed by atoms with Gasteiger partial charge < -0.3 is 25.6 Å². The number of fused-ring (bicyclic) bond motifs is 1. The molecular formula is C32H39FN6O7S. The lowest BCUT2D eigenvalue weighted by atomic mass is 9.78. The van der Waals surface area contributed by atoms with Crippen LogP contribution >= 0.6 is 0 Å². The Morgan fingerprint density at radius 2 is 1.72 bits per heavy atom. The lowest BCUT2D eigenvalue weighted by Crippen LogP contribution is -2.49. The fraction of sp³-hybridized carbons (Fsp3) is 0.438. The number of anilines is 1. The summed E-state index contributed by atoms with van der Waals surface area (Å²) in [7, 11) is -1.39. The van der Waals surface area contributed by atoms with Crippen molar-refractivity contribution in [1.29, 1.82) is 0 Å². The van der Waals surface area contributed by atoms with Crippen molar-refractivity contribution in [3.05, 3.63) is 65.9 Å². The van der Waals surface area contributed by atoms with Crippen LogP contribution in [0, 0.1) is 11.8 Å². The molecule has 1 aliphatic heterocycles. The highest BCUT2D eigenvalue weighted by molar-refractivity contribution is 7.87. The zero-order valence-electron chi connectivity index (χ0n) is 26.1. The summed E-state index contributed by atoms with van der Waals surface area (Å²) in [5.74, 6) is -2.17. The van der Waals surface area contributed by atoms with E-state index in [4.69, 9.17) is 5.11 Å². The van der Waals surface area contributed by atoms with E-state index in [0.29, 0.717) is 55.2 Å². The number of hydrogen-bond donors (Lipinski definition) is 5. The number of carbonyl (C=O) groups excluding carboxylic acids is 3. The number of amides is 4. The molecule has 1 saturated carbocycles. The number of aromatic amines is 1. The van der Waals surface area contributed by atoms with Gasteiger partial charge in [0.05, 0.1) is 6.04 Å². The largest absolute Gasteiger partial charge is 0.465 e. The average Bonchev–Trinajstić information content (AvgIpc) is 3.68. The quantitative estimate of drug-likeness (QED) is 0.219. The first kappa shape index (κ1) is 33.9. The van der Waals surface area contributed by atoms with Gasteiger partial charge in [-0.3, -0.25) is 14.4 Å². The Hall–Kier alpha value is -4.50. The molecule has 5 N–H and O–H groups in total. The number of aromatic nitrogens is 1. The summed E-state index contributed by atoms with van der Waals surface area (Å²) in [6.45, 7) is -0.431. The fourth-order valence-corrected chi connectivity index (χ4v) is 7.20. The standard InChI is InChI=1S/C32H39FN6O7S/c1-38(2)47(45,46)37-29(40)26-17-22-16-23(12-13-25(22)35-26)34-30(41)28-24(19-6-4-3-5-7-19)14-15-39(28)31(42)21-10-8-20(9-11-21)27(18-33)36-32(43)44/h3-7,12-13,16-17,20-21,24,27-28,35-36H,8-11,14-15,18H2,1-2H3,(H,34,41)(H,37,40)(H,43,44)/t20?,21?,24-,27-,28+/m1/s1. The van der Waals surface area contributed by atoms with Crippen LogP contribution in [-0.4, -0.2) is 90.9 Å². The molecule has 0 unspecified atom stereocenters. The minimum atomic E-state index is -3.99. The topological polar surface area (TPSA) is 181 Å². The van der Waals surface area contributed by atoms with Crippen molar-refractivity contribution in [1.82, 2.24) is 24.2 Å². The number of benzene rings is 2. The maximum Gasteiger partial charge on any atom is 0.404 e. The molecule has 13 nitrogen and oxygen atoms in total. The van der Waals surface area contributed by atoms with Crippen LogP contribution in [0.2, 0.25) is 0 Å². The minimum absolute atomic E-state index is 0.0249. The molecule has 1 aromatic heterocycles. The molecule has 3 aromatic rings. The van der Waals surface area contributed by atoms with Gasteiger partial charge in [-0.25, -0.2) is 13.9 Å². The fourth-order valence-electron chi connectivity index (χ4n) is 6.67. The number of H-pyrrole nitrogens is 1. The molecule has 0 bridgehead atoms. The molecule has 3 atom stereocenters. The monoisotopic (exact) mass is 670 g/mol. The van der Waals surface area contributed by atoms with Gasteiger partial charge in [0.1, 0.15) is 18.4 Å². The Balaban J connectivity index is 1.33. The number of hydrogen-bond acceptors (Lipinski definition) is 6. The molecule has 0 radical (unpaired) electrons. The molecule has 15 heteroatoms. The number of likely N-dealkylation sites (tertiary alicyclic amines) is 1. The van der Waals surface area contributed by atoms with Gasteiger partial charge in [-0.15, -0.1) is 0 Å². The van der Waals surface area contributed by atoms with Gasteiger partial charge in [-0.1, -0.05) is 30.3 Å². The Morgan fingerprint density at radius 1 is 1.02 bits per heavy atom. The molecule has 252 valence electrons. The van der Waals surface area contributed by atoms with E-state index in [1.54, 1.807) is 23.1 Å². The second kappa shape index (κ2) is 14.1. The van der Waals surface area contributed by atoms with Crippen molar-refractivity contribution in [3.8, 4) is 0 Å². The molecule has 2 aromatic carbocycles. The van der Waals surface area contributed by atoms with Gasteiger partial charge in [0.25, 0.3) is 5.91 Å². The molecule has 1 saturated heterocycles. The normalized spacial score (nSPS) is 22.2. The summed E-state index contributed by atoms with van der Waals surface area (Å²) >= 11 is 0. The predicted octanol–water partition coefficient (Wildman–Crippen LogP) is 3.44. The van der Waals surface area contributed by atoms with Crippen LogP contribution in [0.4, 0.5) is 14.9 Å².